The van der Waals surface area contributed by atoms with E-state index in [1.807, 2.05) is 54.6 Å². The second-order valence-electron chi connectivity index (χ2n) is 6.44. The Labute approximate surface area is 165 Å². The maximum Gasteiger partial charge on any atom is 0.262 e. The van der Waals surface area contributed by atoms with Crippen LogP contribution in [0.1, 0.15) is 22.7 Å². The highest BCUT2D eigenvalue weighted by atomic mass is 79.9. The number of para-hydroxylation sites is 1. The average Bonchev–Trinajstić information content (AvgIpc) is 3.12. The van der Waals surface area contributed by atoms with Crippen LogP contribution < -0.4 is 10.1 Å². The number of rotatable bonds is 4. The van der Waals surface area contributed by atoms with Gasteiger partial charge in [0.15, 0.2) is 6.10 Å². The van der Waals surface area contributed by atoms with Crippen molar-refractivity contribution in [1.29, 1.82) is 0 Å². The normalized spacial score (nSPS) is 16.3. The van der Waals surface area contributed by atoms with Gasteiger partial charge >= 0.3 is 0 Å². The molecule has 0 aliphatic carbocycles. The van der Waals surface area contributed by atoms with E-state index in [2.05, 4.69) is 21.2 Å². The van der Waals surface area contributed by atoms with Gasteiger partial charge in [0.25, 0.3) is 5.91 Å². The van der Waals surface area contributed by atoms with E-state index in [9.17, 15) is 9.18 Å². The number of hydrogen-bond acceptors (Lipinski definition) is 2. The van der Waals surface area contributed by atoms with Crippen LogP contribution in [0.25, 0.3) is 0 Å². The van der Waals surface area contributed by atoms with Crippen LogP contribution in [0.15, 0.2) is 77.3 Å². The summed E-state index contributed by atoms with van der Waals surface area (Å²) >= 11 is 3.28. The van der Waals surface area contributed by atoms with E-state index < -0.39 is 12.1 Å². The molecule has 27 heavy (non-hydrogen) atoms. The minimum atomic E-state index is -0.618. The summed E-state index contributed by atoms with van der Waals surface area (Å²) < 4.78 is 21.0. The quantitative estimate of drug-likeness (QED) is 0.651. The van der Waals surface area contributed by atoms with Crippen molar-refractivity contribution in [3.05, 3.63) is 99.8 Å². The third-order valence-electron chi connectivity index (χ3n) is 4.63. The van der Waals surface area contributed by atoms with Crippen molar-refractivity contribution >= 4 is 21.8 Å². The minimum Gasteiger partial charge on any atom is -0.480 e. The molecule has 3 aromatic rings. The van der Waals surface area contributed by atoms with Gasteiger partial charge < -0.3 is 10.1 Å². The van der Waals surface area contributed by atoms with Crippen molar-refractivity contribution in [1.82, 2.24) is 5.32 Å². The van der Waals surface area contributed by atoms with Crippen LogP contribution in [0, 0.1) is 5.82 Å². The van der Waals surface area contributed by atoms with Gasteiger partial charge in [-0.1, -0.05) is 70.5 Å². The van der Waals surface area contributed by atoms with Crippen LogP contribution >= 0.6 is 15.9 Å². The molecule has 0 saturated carbocycles. The molecule has 1 heterocycles. The standard InChI is InChI=1S/C22H17BrFNO2/c23-16-10-11-17(18(24)13-16)21(14-6-2-1-3-7-14)25-22(26)20-12-15-8-4-5-9-19(15)27-20/h1-11,13,20-21H,12H2,(H,25,26)/t20-,21+/m1/s1. The van der Waals surface area contributed by atoms with E-state index in [0.717, 1.165) is 16.9 Å². The van der Waals surface area contributed by atoms with Gasteiger partial charge in [-0.3, -0.25) is 4.79 Å². The zero-order valence-electron chi connectivity index (χ0n) is 14.4. The van der Waals surface area contributed by atoms with Crippen molar-refractivity contribution in [3.8, 4) is 5.75 Å². The first-order valence-corrected chi connectivity index (χ1v) is 9.46. The summed E-state index contributed by atoms with van der Waals surface area (Å²) in [6, 6.07) is 21.2. The van der Waals surface area contributed by atoms with E-state index in [-0.39, 0.29) is 11.7 Å². The fraction of sp³-hybridized carbons (Fsp3) is 0.136. The Morgan fingerprint density at radius 3 is 2.56 bits per heavy atom. The number of ether oxygens (including phenoxy) is 1. The van der Waals surface area contributed by atoms with Crippen molar-refractivity contribution < 1.29 is 13.9 Å². The molecular formula is C22H17BrFNO2. The summed E-state index contributed by atoms with van der Waals surface area (Å²) in [5, 5.41) is 2.97. The lowest BCUT2D eigenvalue weighted by Gasteiger charge is -2.22. The molecule has 1 N–H and O–H groups in total. The van der Waals surface area contributed by atoms with Gasteiger partial charge in [0, 0.05) is 16.5 Å². The van der Waals surface area contributed by atoms with Crippen LogP contribution in [0.2, 0.25) is 0 Å². The minimum absolute atomic E-state index is 0.262. The smallest absolute Gasteiger partial charge is 0.262 e. The molecule has 0 saturated heterocycles. The molecule has 1 amide bonds. The molecule has 3 nitrogen and oxygen atoms in total. The number of benzene rings is 3. The molecule has 4 rings (SSSR count). The molecule has 0 spiro atoms. The molecule has 0 unspecified atom stereocenters. The monoisotopic (exact) mass is 425 g/mol. The lowest BCUT2D eigenvalue weighted by molar-refractivity contribution is -0.127. The van der Waals surface area contributed by atoms with Gasteiger partial charge in [0.2, 0.25) is 0 Å². The first-order valence-electron chi connectivity index (χ1n) is 8.66. The molecule has 3 aromatic carbocycles. The lowest BCUT2D eigenvalue weighted by Crippen LogP contribution is -2.40. The third kappa shape index (κ3) is 3.74. The molecule has 2 atom stereocenters. The van der Waals surface area contributed by atoms with E-state index >= 15 is 0 Å². The Morgan fingerprint density at radius 1 is 1.07 bits per heavy atom. The Hall–Kier alpha value is -2.66. The average molecular weight is 426 g/mol. The van der Waals surface area contributed by atoms with Gasteiger partial charge in [-0.15, -0.1) is 0 Å². The highest BCUT2D eigenvalue weighted by molar-refractivity contribution is 9.10. The largest absolute Gasteiger partial charge is 0.480 e. The van der Waals surface area contributed by atoms with Crippen LogP contribution in [0.5, 0.6) is 5.75 Å². The van der Waals surface area contributed by atoms with Crippen molar-refractivity contribution in [2.24, 2.45) is 0 Å². The Morgan fingerprint density at radius 2 is 1.81 bits per heavy atom. The highest BCUT2D eigenvalue weighted by Gasteiger charge is 2.31. The van der Waals surface area contributed by atoms with Crippen molar-refractivity contribution in [2.75, 3.05) is 0 Å². The summed E-state index contributed by atoms with van der Waals surface area (Å²) in [6.07, 6.45) is -0.112. The molecule has 0 aromatic heterocycles. The van der Waals surface area contributed by atoms with Crippen molar-refractivity contribution in [2.45, 2.75) is 18.6 Å². The Kier molecular flexibility index (Phi) is 4.94. The highest BCUT2D eigenvalue weighted by Crippen LogP contribution is 2.30. The van der Waals surface area contributed by atoms with E-state index in [1.54, 1.807) is 12.1 Å². The Balaban J connectivity index is 1.61. The van der Waals surface area contributed by atoms with Gasteiger partial charge in [-0.25, -0.2) is 4.39 Å². The number of fused-ring (bicyclic) bond motifs is 1. The number of hydrogen-bond donors (Lipinski definition) is 1. The molecule has 5 heteroatoms. The summed E-state index contributed by atoms with van der Waals surface area (Å²) in [6.45, 7) is 0. The predicted molar refractivity (Wildman–Crippen MR) is 105 cm³/mol. The second kappa shape index (κ2) is 7.53. The predicted octanol–water partition coefficient (Wildman–Crippen LogP) is 4.80. The molecule has 0 radical (unpaired) electrons. The van der Waals surface area contributed by atoms with Gasteiger partial charge in [-0.2, -0.15) is 0 Å². The number of amides is 1. The fourth-order valence-corrected chi connectivity index (χ4v) is 3.62. The van der Waals surface area contributed by atoms with Crippen LogP contribution in [0.3, 0.4) is 0 Å². The first-order chi connectivity index (χ1) is 13.1. The third-order valence-corrected chi connectivity index (χ3v) is 5.13. The molecule has 0 fully saturated rings. The van der Waals surface area contributed by atoms with E-state index in [1.165, 1.54) is 6.07 Å². The van der Waals surface area contributed by atoms with Gasteiger partial charge in [0.1, 0.15) is 11.6 Å². The number of nitrogens with one attached hydrogen (secondary N) is 1. The lowest BCUT2D eigenvalue weighted by atomic mass is 9.97. The number of carbonyl (C=O) groups excluding carboxylic acids is 1. The molecule has 0 bridgehead atoms. The molecule has 1 aliphatic heterocycles. The topological polar surface area (TPSA) is 38.3 Å². The molecule has 1 aliphatic rings. The number of carbonyl (C=O) groups is 1. The van der Waals surface area contributed by atoms with Gasteiger partial charge in [0.05, 0.1) is 6.04 Å². The summed E-state index contributed by atoms with van der Waals surface area (Å²) in [5.41, 5.74) is 2.22. The maximum absolute atomic E-state index is 14.6. The van der Waals surface area contributed by atoms with E-state index in [4.69, 9.17) is 4.74 Å². The molecule has 136 valence electrons. The summed E-state index contributed by atoms with van der Waals surface area (Å²) in [7, 11) is 0. The van der Waals surface area contributed by atoms with Crippen molar-refractivity contribution in [3.63, 3.8) is 0 Å². The number of halogens is 2. The Bertz CT molecular complexity index is 952. The summed E-state index contributed by atoms with van der Waals surface area (Å²) in [4.78, 5) is 12.9. The van der Waals surface area contributed by atoms with Crippen LogP contribution in [-0.4, -0.2) is 12.0 Å². The second-order valence-corrected chi connectivity index (χ2v) is 7.35. The SMILES string of the molecule is O=C(N[C@@H](c1ccccc1)c1ccc(Br)cc1F)[C@H]1Cc2ccccc2O1. The summed E-state index contributed by atoms with van der Waals surface area (Å²) in [5.74, 6) is 0.0836. The van der Waals surface area contributed by atoms with Crippen LogP contribution in [-0.2, 0) is 11.2 Å². The van der Waals surface area contributed by atoms with Gasteiger partial charge in [-0.05, 0) is 29.3 Å². The first kappa shape index (κ1) is 17.7. The molecular weight excluding hydrogens is 409 g/mol. The zero-order valence-corrected chi connectivity index (χ0v) is 15.9. The maximum atomic E-state index is 14.6. The van der Waals surface area contributed by atoms with Crippen LogP contribution in [0.4, 0.5) is 4.39 Å². The zero-order chi connectivity index (χ0) is 18.8. The fourth-order valence-electron chi connectivity index (χ4n) is 3.29. The van der Waals surface area contributed by atoms with E-state index in [0.29, 0.717) is 16.5 Å².